The highest BCUT2D eigenvalue weighted by Crippen LogP contribution is 2.12. The summed E-state index contributed by atoms with van der Waals surface area (Å²) in [5.41, 5.74) is 2.60. The smallest absolute Gasteiger partial charge is 0.0913 e. The van der Waals surface area contributed by atoms with E-state index in [0.717, 1.165) is 19.4 Å². The van der Waals surface area contributed by atoms with E-state index in [1.165, 1.54) is 49.7 Å². The van der Waals surface area contributed by atoms with Gasteiger partial charge in [0, 0.05) is 6.42 Å². The Bertz CT molecular complexity index is 482. The summed E-state index contributed by atoms with van der Waals surface area (Å²) in [5.74, 6) is 0. The van der Waals surface area contributed by atoms with Gasteiger partial charge in [-0.15, -0.1) is 0 Å². The van der Waals surface area contributed by atoms with E-state index < -0.39 is 0 Å². The molecule has 1 aromatic rings. The van der Waals surface area contributed by atoms with Crippen LogP contribution in [0.2, 0.25) is 0 Å². The second-order valence-electron chi connectivity index (χ2n) is 5.87. The summed E-state index contributed by atoms with van der Waals surface area (Å²) in [6, 6.07) is 10.5. The van der Waals surface area contributed by atoms with Gasteiger partial charge >= 0.3 is 0 Å². The van der Waals surface area contributed by atoms with E-state index in [9.17, 15) is 0 Å². The zero-order valence-electron chi connectivity index (χ0n) is 13.5. The average Bonchev–Trinajstić information content (AvgIpc) is 2.54. The lowest BCUT2D eigenvalue weighted by atomic mass is 10.1. The van der Waals surface area contributed by atoms with Crippen LogP contribution >= 0.6 is 0 Å². The number of hydrogen-bond acceptors (Lipinski definition) is 1. The SMILES string of the molecule is C1=CCC(=COCCc2ccccc2)C=CCCCCCC1. The van der Waals surface area contributed by atoms with Crippen molar-refractivity contribution in [3.05, 3.63) is 72.0 Å². The van der Waals surface area contributed by atoms with Gasteiger partial charge in [0.15, 0.2) is 0 Å². The van der Waals surface area contributed by atoms with E-state index in [4.69, 9.17) is 4.74 Å². The average molecular weight is 296 g/mol. The Labute approximate surface area is 135 Å². The molecular weight excluding hydrogens is 268 g/mol. The molecule has 1 nitrogen and oxygen atoms in total. The van der Waals surface area contributed by atoms with Gasteiger partial charge in [-0.1, -0.05) is 67.5 Å². The number of ether oxygens (including phenoxy) is 1. The third kappa shape index (κ3) is 7.31. The summed E-state index contributed by atoms with van der Waals surface area (Å²) >= 11 is 0. The molecule has 0 saturated heterocycles. The minimum atomic E-state index is 0.741. The molecule has 1 aromatic carbocycles. The van der Waals surface area contributed by atoms with Crippen molar-refractivity contribution < 1.29 is 4.74 Å². The van der Waals surface area contributed by atoms with Crippen LogP contribution in [0.4, 0.5) is 0 Å². The molecule has 0 bridgehead atoms. The second kappa shape index (κ2) is 10.9. The largest absolute Gasteiger partial charge is 0.501 e. The highest BCUT2D eigenvalue weighted by atomic mass is 16.5. The first-order chi connectivity index (χ1) is 10.9. The molecule has 0 unspecified atom stereocenters. The van der Waals surface area contributed by atoms with Crippen molar-refractivity contribution in [3.63, 3.8) is 0 Å². The number of rotatable bonds is 4. The molecule has 0 fully saturated rings. The number of benzene rings is 1. The minimum Gasteiger partial charge on any atom is -0.501 e. The third-order valence-electron chi connectivity index (χ3n) is 3.93. The molecule has 0 saturated carbocycles. The van der Waals surface area contributed by atoms with Crippen molar-refractivity contribution in [2.24, 2.45) is 0 Å². The fourth-order valence-electron chi connectivity index (χ4n) is 2.59. The Morgan fingerprint density at radius 2 is 1.64 bits per heavy atom. The molecule has 0 amide bonds. The fourth-order valence-corrected chi connectivity index (χ4v) is 2.59. The fraction of sp³-hybridized carbons (Fsp3) is 0.429. The van der Waals surface area contributed by atoms with Crippen molar-refractivity contribution in [1.82, 2.24) is 0 Å². The Morgan fingerprint density at radius 1 is 0.864 bits per heavy atom. The van der Waals surface area contributed by atoms with Gasteiger partial charge in [0.2, 0.25) is 0 Å². The van der Waals surface area contributed by atoms with E-state index >= 15 is 0 Å². The summed E-state index contributed by atoms with van der Waals surface area (Å²) in [4.78, 5) is 0. The van der Waals surface area contributed by atoms with Crippen LogP contribution in [0, 0.1) is 0 Å². The molecule has 1 heteroatoms. The van der Waals surface area contributed by atoms with E-state index in [-0.39, 0.29) is 0 Å². The topological polar surface area (TPSA) is 9.23 Å². The standard InChI is InChI=1S/C21H28O/c1-2-4-6-9-15-21(16-10-7-5-3-1)19-22-18-17-20-13-11-8-12-14-20/h6,8-14,16,19H,1-5,7,15,17-18H2. The van der Waals surface area contributed by atoms with Crippen LogP contribution < -0.4 is 0 Å². The van der Waals surface area contributed by atoms with Gasteiger partial charge in [-0.2, -0.15) is 0 Å². The highest BCUT2D eigenvalue weighted by Gasteiger charge is 1.95. The van der Waals surface area contributed by atoms with Gasteiger partial charge in [0.05, 0.1) is 12.9 Å². The first-order valence-corrected chi connectivity index (χ1v) is 8.61. The van der Waals surface area contributed by atoms with Crippen LogP contribution in [-0.2, 0) is 11.2 Å². The van der Waals surface area contributed by atoms with Gasteiger partial charge in [-0.25, -0.2) is 0 Å². The molecule has 0 heterocycles. The number of allylic oxidation sites excluding steroid dienone is 5. The highest BCUT2D eigenvalue weighted by molar-refractivity contribution is 5.20. The zero-order valence-corrected chi connectivity index (χ0v) is 13.5. The van der Waals surface area contributed by atoms with Crippen LogP contribution in [0.15, 0.2) is 66.5 Å². The molecule has 2 rings (SSSR count). The van der Waals surface area contributed by atoms with E-state index in [2.05, 4.69) is 48.6 Å². The van der Waals surface area contributed by atoms with E-state index in [0.29, 0.717) is 0 Å². The molecular formula is C21H28O. The minimum absolute atomic E-state index is 0.741. The molecule has 0 radical (unpaired) electrons. The summed E-state index contributed by atoms with van der Waals surface area (Å²) < 4.78 is 5.75. The van der Waals surface area contributed by atoms with Crippen LogP contribution in [0.5, 0.6) is 0 Å². The van der Waals surface area contributed by atoms with Gasteiger partial charge in [0.25, 0.3) is 0 Å². The molecule has 22 heavy (non-hydrogen) atoms. The zero-order chi connectivity index (χ0) is 15.3. The van der Waals surface area contributed by atoms with Crippen molar-refractivity contribution >= 4 is 0 Å². The third-order valence-corrected chi connectivity index (χ3v) is 3.93. The Morgan fingerprint density at radius 3 is 2.45 bits per heavy atom. The molecule has 0 N–H and O–H groups in total. The summed E-state index contributed by atoms with van der Waals surface area (Å²) in [7, 11) is 0. The lowest BCUT2D eigenvalue weighted by Crippen LogP contribution is -1.94. The number of hydrogen-bond donors (Lipinski definition) is 0. The van der Waals surface area contributed by atoms with Crippen molar-refractivity contribution in [2.45, 2.75) is 51.4 Å². The Balaban J connectivity index is 1.80. The van der Waals surface area contributed by atoms with Gasteiger partial charge in [-0.05, 0) is 43.2 Å². The molecule has 0 spiro atoms. The van der Waals surface area contributed by atoms with Crippen molar-refractivity contribution in [2.75, 3.05) is 6.61 Å². The van der Waals surface area contributed by atoms with Crippen LogP contribution in [0.1, 0.15) is 50.5 Å². The summed E-state index contributed by atoms with van der Waals surface area (Å²) in [5, 5.41) is 0. The van der Waals surface area contributed by atoms with Gasteiger partial charge < -0.3 is 4.74 Å². The Kier molecular flexibility index (Phi) is 8.22. The van der Waals surface area contributed by atoms with E-state index in [1.807, 2.05) is 12.3 Å². The van der Waals surface area contributed by atoms with Crippen LogP contribution in [0.3, 0.4) is 0 Å². The van der Waals surface area contributed by atoms with Crippen molar-refractivity contribution in [3.8, 4) is 0 Å². The first-order valence-electron chi connectivity index (χ1n) is 8.61. The quantitative estimate of drug-likeness (QED) is 0.377. The monoisotopic (exact) mass is 296 g/mol. The van der Waals surface area contributed by atoms with E-state index in [1.54, 1.807) is 0 Å². The lowest BCUT2D eigenvalue weighted by molar-refractivity contribution is 0.251. The van der Waals surface area contributed by atoms with Gasteiger partial charge in [-0.3, -0.25) is 0 Å². The summed E-state index contributed by atoms with van der Waals surface area (Å²) in [6.45, 7) is 0.741. The summed E-state index contributed by atoms with van der Waals surface area (Å²) in [6.07, 6.45) is 20.7. The maximum absolute atomic E-state index is 5.75. The molecule has 0 atom stereocenters. The van der Waals surface area contributed by atoms with Crippen LogP contribution in [-0.4, -0.2) is 6.61 Å². The maximum Gasteiger partial charge on any atom is 0.0913 e. The maximum atomic E-state index is 5.75. The molecule has 0 aliphatic heterocycles. The van der Waals surface area contributed by atoms with Crippen LogP contribution in [0.25, 0.3) is 0 Å². The normalized spacial score (nSPS) is 18.6. The second-order valence-corrected chi connectivity index (χ2v) is 5.87. The predicted octanol–water partition coefficient (Wildman–Crippen LogP) is 5.99. The van der Waals surface area contributed by atoms with Crippen molar-refractivity contribution in [1.29, 1.82) is 0 Å². The predicted molar refractivity (Wildman–Crippen MR) is 94.8 cm³/mol. The first kappa shape index (κ1) is 16.6. The molecule has 0 aromatic heterocycles. The lowest BCUT2D eigenvalue weighted by Gasteiger charge is -2.05. The molecule has 1 aliphatic rings. The molecule has 118 valence electrons. The Hall–Kier alpha value is -1.76. The molecule has 1 aliphatic carbocycles. The van der Waals surface area contributed by atoms with Gasteiger partial charge in [0.1, 0.15) is 0 Å².